The Bertz CT molecular complexity index is 261. The van der Waals surface area contributed by atoms with Crippen molar-refractivity contribution in [1.29, 1.82) is 0 Å². The summed E-state index contributed by atoms with van der Waals surface area (Å²) in [5.74, 6) is 0.846. The Labute approximate surface area is 152 Å². The van der Waals surface area contributed by atoms with Crippen LogP contribution in [-0.2, 0) is 9.53 Å². The predicted molar refractivity (Wildman–Crippen MR) is 105 cm³/mol. The largest absolute Gasteiger partial charge is 0.466 e. The Kier molecular flexibility index (Phi) is 18.4. The van der Waals surface area contributed by atoms with E-state index in [-0.39, 0.29) is 5.97 Å². The molecule has 0 bridgehead atoms. The molecule has 0 aromatic heterocycles. The van der Waals surface area contributed by atoms with Crippen LogP contribution in [0.4, 0.5) is 0 Å². The maximum atomic E-state index is 11.6. The van der Waals surface area contributed by atoms with Gasteiger partial charge in [-0.1, -0.05) is 104 Å². The molecule has 144 valence electrons. The average molecular weight is 341 g/mol. The minimum Gasteiger partial charge on any atom is -0.466 e. The van der Waals surface area contributed by atoms with E-state index in [9.17, 15) is 4.79 Å². The third kappa shape index (κ3) is 19.5. The van der Waals surface area contributed by atoms with Gasteiger partial charge >= 0.3 is 5.97 Å². The number of carbonyl (C=O) groups excluding carboxylic acids is 1. The summed E-state index contributed by atoms with van der Waals surface area (Å²) in [4.78, 5) is 11.6. The Morgan fingerprint density at radius 2 is 1.21 bits per heavy atom. The van der Waals surface area contributed by atoms with E-state index >= 15 is 0 Å². The highest BCUT2D eigenvalue weighted by Crippen LogP contribution is 2.12. The summed E-state index contributed by atoms with van der Waals surface area (Å²) in [6.07, 6.45) is 19.7. The van der Waals surface area contributed by atoms with Crippen molar-refractivity contribution in [3.63, 3.8) is 0 Å². The minimum absolute atomic E-state index is 0.0118. The molecule has 0 N–H and O–H groups in total. The van der Waals surface area contributed by atoms with Crippen LogP contribution < -0.4 is 0 Å². The van der Waals surface area contributed by atoms with Gasteiger partial charge in [-0.2, -0.15) is 0 Å². The molecule has 24 heavy (non-hydrogen) atoms. The lowest BCUT2D eigenvalue weighted by atomic mass is 10.0. The molecule has 0 saturated carbocycles. The molecule has 2 nitrogen and oxygen atoms in total. The van der Waals surface area contributed by atoms with Crippen molar-refractivity contribution in [3.8, 4) is 0 Å². The molecule has 0 unspecified atom stereocenters. The van der Waals surface area contributed by atoms with Gasteiger partial charge in [-0.05, 0) is 18.8 Å². The predicted octanol–water partition coefficient (Wildman–Crippen LogP) is 7.45. The molecule has 0 amide bonds. The Morgan fingerprint density at radius 1 is 0.708 bits per heavy atom. The zero-order valence-electron chi connectivity index (χ0n) is 16.9. The van der Waals surface area contributed by atoms with Crippen LogP contribution in [0.25, 0.3) is 0 Å². The van der Waals surface area contributed by atoms with Gasteiger partial charge in [-0.15, -0.1) is 0 Å². The van der Waals surface area contributed by atoms with Gasteiger partial charge in [0.1, 0.15) is 0 Å². The van der Waals surface area contributed by atoms with E-state index in [1.54, 1.807) is 0 Å². The van der Waals surface area contributed by atoms with Gasteiger partial charge in [0.2, 0.25) is 0 Å². The number of ether oxygens (including phenoxy) is 1. The van der Waals surface area contributed by atoms with Gasteiger partial charge in [0.25, 0.3) is 0 Å². The van der Waals surface area contributed by atoms with Crippen molar-refractivity contribution >= 4 is 5.97 Å². The van der Waals surface area contributed by atoms with E-state index in [0.717, 1.165) is 18.8 Å². The quantitative estimate of drug-likeness (QED) is 0.191. The number of hydrogen-bond donors (Lipinski definition) is 0. The molecule has 0 aliphatic carbocycles. The zero-order valence-corrected chi connectivity index (χ0v) is 16.9. The highest BCUT2D eigenvalue weighted by atomic mass is 16.5. The summed E-state index contributed by atoms with van der Waals surface area (Å²) in [6, 6.07) is 0. The van der Waals surface area contributed by atoms with Crippen LogP contribution in [0.5, 0.6) is 0 Å². The zero-order chi connectivity index (χ0) is 17.9. The summed E-state index contributed by atoms with van der Waals surface area (Å²) in [6.45, 7) is 7.46. The fourth-order valence-electron chi connectivity index (χ4n) is 3.02. The number of esters is 1. The molecule has 0 heterocycles. The Hall–Kier alpha value is -0.530. The summed E-state index contributed by atoms with van der Waals surface area (Å²) in [7, 11) is 0. The van der Waals surface area contributed by atoms with E-state index < -0.39 is 0 Å². The van der Waals surface area contributed by atoms with Crippen molar-refractivity contribution in [2.24, 2.45) is 5.92 Å². The van der Waals surface area contributed by atoms with E-state index in [2.05, 4.69) is 20.8 Å². The number of carbonyl (C=O) groups is 1. The SMILES string of the molecule is CCCCCCCCCCOC(=O)CCCCCCCCC(C)C. The van der Waals surface area contributed by atoms with Crippen LogP contribution in [0.1, 0.15) is 124 Å². The van der Waals surface area contributed by atoms with Gasteiger partial charge in [0.05, 0.1) is 6.61 Å². The topological polar surface area (TPSA) is 26.3 Å². The molecule has 0 rings (SSSR count). The minimum atomic E-state index is 0.0118. The lowest BCUT2D eigenvalue weighted by Crippen LogP contribution is -2.05. The van der Waals surface area contributed by atoms with Crippen LogP contribution in [-0.4, -0.2) is 12.6 Å². The van der Waals surface area contributed by atoms with Gasteiger partial charge < -0.3 is 4.74 Å². The fourth-order valence-corrected chi connectivity index (χ4v) is 3.02. The first-order valence-electron chi connectivity index (χ1n) is 10.8. The van der Waals surface area contributed by atoms with Gasteiger partial charge in [-0.3, -0.25) is 4.79 Å². The second-order valence-electron chi connectivity index (χ2n) is 7.75. The van der Waals surface area contributed by atoms with E-state index in [4.69, 9.17) is 4.74 Å². The number of rotatable bonds is 18. The lowest BCUT2D eigenvalue weighted by molar-refractivity contribution is -0.143. The van der Waals surface area contributed by atoms with E-state index in [0.29, 0.717) is 13.0 Å². The molecule has 0 radical (unpaired) electrons. The lowest BCUT2D eigenvalue weighted by Gasteiger charge is -2.06. The maximum absolute atomic E-state index is 11.6. The van der Waals surface area contributed by atoms with Crippen molar-refractivity contribution in [3.05, 3.63) is 0 Å². The van der Waals surface area contributed by atoms with Crippen LogP contribution >= 0.6 is 0 Å². The Morgan fingerprint density at radius 3 is 1.79 bits per heavy atom. The van der Waals surface area contributed by atoms with E-state index in [1.165, 1.54) is 83.5 Å². The second kappa shape index (κ2) is 18.8. The molecule has 0 aliphatic rings. The molecule has 0 aromatic carbocycles. The molecule has 2 heteroatoms. The van der Waals surface area contributed by atoms with Crippen molar-refractivity contribution in [2.75, 3.05) is 6.61 Å². The molecule has 0 atom stereocenters. The van der Waals surface area contributed by atoms with Gasteiger partial charge in [0, 0.05) is 6.42 Å². The average Bonchev–Trinajstić information content (AvgIpc) is 2.55. The van der Waals surface area contributed by atoms with Crippen LogP contribution in [0.15, 0.2) is 0 Å². The molecular formula is C22H44O2. The summed E-state index contributed by atoms with van der Waals surface area (Å²) < 4.78 is 5.32. The molecule has 0 fully saturated rings. The van der Waals surface area contributed by atoms with Crippen LogP contribution in [0, 0.1) is 5.92 Å². The smallest absolute Gasteiger partial charge is 0.305 e. The first-order valence-corrected chi connectivity index (χ1v) is 10.8. The monoisotopic (exact) mass is 340 g/mol. The molecule has 0 saturated heterocycles. The van der Waals surface area contributed by atoms with Crippen molar-refractivity contribution < 1.29 is 9.53 Å². The third-order valence-corrected chi connectivity index (χ3v) is 4.67. The molecule has 0 aliphatic heterocycles. The summed E-state index contributed by atoms with van der Waals surface area (Å²) in [5, 5.41) is 0. The molecule has 0 aromatic rings. The second-order valence-corrected chi connectivity index (χ2v) is 7.75. The number of hydrogen-bond acceptors (Lipinski definition) is 2. The maximum Gasteiger partial charge on any atom is 0.305 e. The van der Waals surface area contributed by atoms with Gasteiger partial charge in [0.15, 0.2) is 0 Å². The molecule has 0 spiro atoms. The highest BCUT2D eigenvalue weighted by Gasteiger charge is 2.02. The van der Waals surface area contributed by atoms with Gasteiger partial charge in [-0.25, -0.2) is 0 Å². The standard InChI is InChI=1S/C22H44O2/c1-4-5-6-7-8-11-14-17-20-24-22(23)19-16-13-10-9-12-15-18-21(2)3/h21H,4-20H2,1-3H3. The first-order chi connectivity index (χ1) is 11.7. The third-order valence-electron chi connectivity index (χ3n) is 4.67. The first kappa shape index (κ1) is 23.5. The highest BCUT2D eigenvalue weighted by molar-refractivity contribution is 5.69. The van der Waals surface area contributed by atoms with Crippen molar-refractivity contribution in [2.45, 2.75) is 124 Å². The summed E-state index contributed by atoms with van der Waals surface area (Å²) >= 11 is 0. The Balaban J connectivity index is 3.16. The van der Waals surface area contributed by atoms with Crippen LogP contribution in [0.3, 0.4) is 0 Å². The van der Waals surface area contributed by atoms with E-state index in [1.807, 2.05) is 0 Å². The van der Waals surface area contributed by atoms with Crippen LogP contribution in [0.2, 0.25) is 0 Å². The summed E-state index contributed by atoms with van der Waals surface area (Å²) in [5.41, 5.74) is 0. The normalized spacial score (nSPS) is 11.2. The van der Waals surface area contributed by atoms with Crippen molar-refractivity contribution in [1.82, 2.24) is 0 Å². The molecular weight excluding hydrogens is 296 g/mol. The fraction of sp³-hybridized carbons (Fsp3) is 0.955. The number of unbranched alkanes of at least 4 members (excludes halogenated alkanes) is 12.